The van der Waals surface area contributed by atoms with Gasteiger partial charge in [0.25, 0.3) is 0 Å². The van der Waals surface area contributed by atoms with Gasteiger partial charge in [0.2, 0.25) is 0 Å². The fourth-order valence-electron chi connectivity index (χ4n) is 2.38. The molecule has 2 atom stereocenters. The molecule has 118 valence electrons. The summed E-state index contributed by atoms with van der Waals surface area (Å²) in [6, 6.07) is 5.16. The molecule has 2 unspecified atom stereocenters. The van der Waals surface area contributed by atoms with E-state index in [1.54, 1.807) is 18.2 Å². The fourth-order valence-corrected chi connectivity index (χ4v) is 3.48. The van der Waals surface area contributed by atoms with Crippen LogP contribution in [0, 0.1) is 5.92 Å². The Morgan fingerprint density at radius 1 is 1.29 bits per heavy atom. The molecule has 21 heavy (non-hydrogen) atoms. The lowest BCUT2D eigenvalue weighted by molar-refractivity contribution is 0.0880. The second-order valence-electron chi connectivity index (χ2n) is 5.16. The lowest BCUT2D eigenvalue weighted by atomic mass is 9.93. The first-order valence-electron chi connectivity index (χ1n) is 7.39. The van der Waals surface area contributed by atoms with Crippen molar-refractivity contribution in [3.8, 4) is 0 Å². The van der Waals surface area contributed by atoms with E-state index in [9.17, 15) is 4.79 Å². The molecule has 0 aliphatic heterocycles. The van der Waals surface area contributed by atoms with Crippen LogP contribution in [0.3, 0.4) is 0 Å². The molecule has 0 bridgehead atoms. The van der Waals surface area contributed by atoms with Gasteiger partial charge in [0.05, 0.1) is 10.0 Å². The summed E-state index contributed by atoms with van der Waals surface area (Å²) in [4.78, 5) is 15.1. The van der Waals surface area contributed by atoms with E-state index in [2.05, 4.69) is 25.4 Å². The van der Waals surface area contributed by atoms with Gasteiger partial charge in [0, 0.05) is 24.3 Å². The van der Waals surface area contributed by atoms with Crippen LogP contribution >= 0.6 is 31.8 Å². The van der Waals surface area contributed by atoms with E-state index in [1.165, 1.54) is 0 Å². The maximum atomic E-state index is 12.7. The average Bonchev–Trinajstić information content (AvgIpc) is 2.48. The molecule has 0 aliphatic carbocycles. The molecule has 0 amide bonds. The van der Waals surface area contributed by atoms with E-state index >= 15 is 0 Å². The van der Waals surface area contributed by atoms with Crippen LogP contribution in [-0.2, 0) is 0 Å². The number of Topliss-reactive ketones (excluding diaryl/α,β-unsaturated/α-hetero) is 1. The van der Waals surface area contributed by atoms with Gasteiger partial charge in [0.1, 0.15) is 0 Å². The Bertz CT molecular complexity index is 468. The number of hydrogen-bond donors (Lipinski definition) is 0. The topological polar surface area (TPSA) is 20.3 Å². The molecule has 2 nitrogen and oxygen atoms in total. The van der Waals surface area contributed by atoms with Crippen LogP contribution in [0.2, 0.25) is 10.0 Å². The Hall–Kier alpha value is -0.140. The Labute approximate surface area is 140 Å². The quantitative estimate of drug-likeness (QED) is 0.453. The van der Waals surface area contributed by atoms with Crippen molar-refractivity contribution < 1.29 is 4.79 Å². The van der Waals surface area contributed by atoms with E-state index in [0.717, 1.165) is 40.8 Å². The molecule has 1 rings (SSSR count). The predicted molar refractivity (Wildman–Crippen MR) is 95.5 cm³/mol. The molecule has 0 heterocycles. The van der Waals surface area contributed by atoms with Crippen LogP contribution in [0.25, 0.3) is 0 Å². The summed E-state index contributed by atoms with van der Waals surface area (Å²) < 4.78 is 0. The summed E-state index contributed by atoms with van der Waals surface area (Å²) in [5.74, 6) is 0.205. The summed E-state index contributed by atoms with van der Waals surface area (Å²) in [5, 5.41) is 0.933. The normalized spacial score (nSPS) is 13.2. The fraction of sp³-hybridized carbons (Fsp3) is 0.562. The summed E-state index contributed by atoms with van der Waals surface area (Å²) in [6.07, 6.45) is 2.97. The van der Waals surface area contributed by atoms with E-state index in [4.69, 9.17) is 23.2 Å². The van der Waals surface area contributed by atoms with Crippen molar-refractivity contribution in [3.63, 3.8) is 0 Å². The molecule has 0 N–H and O–H groups in total. The van der Waals surface area contributed by atoms with Crippen molar-refractivity contribution in [2.45, 2.75) is 26.7 Å². The third-order valence-electron chi connectivity index (χ3n) is 3.52. The minimum absolute atomic E-state index is 0.0311. The summed E-state index contributed by atoms with van der Waals surface area (Å²) in [6.45, 7) is 8.26. The van der Waals surface area contributed by atoms with Crippen molar-refractivity contribution >= 4 is 37.6 Å². The van der Waals surface area contributed by atoms with Gasteiger partial charge in [0.15, 0.2) is 5.78 Å². The van der Waals surface area contributed by atoms with Gasteiger partial charge in [-0.05, 0) is 37.8 Å². The first-order chi connectivity index (χ1) is 10.0. The largest absolute Gasteiger partial charge is 0.299 e. The highest BCUT2D eigenvalue weighted by Crippen LogP contribution is 2.25. The minimum Gasteiger partial charge on any atom is -0.299 e. The first-order valence-corrected chi connectivity index (χ1v) is 9.85. The van der Waals surface area contributed by atoms with Crippen LogP contribution in [0.1, 0.15) is 37.0 Å². The molecular formula is C16H24Cl2NOP. The molecular weight excluding hydrogens is 324 g/mol. The number of ketones is 1. The van der Waals surface area contributed by atoms with Crippen molar-refractivity contribution in [1.82, 2.24) is 4.90 Å². The minimum atomic E-state index is 0.0311. The highest BCUT2D eigenvalue weighted by Gasteiger charge is 2.22. The number of carbonyl (C=O) groups is 1. The van der Waals surface area contributed by atoms with Crippen molar-refractivity contribution in [2.24, 2.45) is 5.92 Å². The third kappa shape index (κ3) is 5.87. The zero-order chi connectivity index (χ0) is 15.8. The van der Waals surface area contributed by atoms with Crippen LogP contribution in [0.15, 0.2) is 18.2 Å². The van der Waals surface area contributed by atoms with E-state index in [-0.39, 0.29) is 11.7 Å². The molecule has 0 aliphatic rings. The first kappa shape index (κ1) is 18.9. The number of carbonyl (C=O) groups excluding carboxylic acids is 1. The van der Waals surface area contributed by atoms with E-state index < -0.39 is 0 Å². The Morgan fingerprint density at radius 3 is 2.52 bits per heavy atom. The molecule has 1 aromatic carbocycles. The van der Waals surface area contributed by atoms with Crippen LogP contribution in [-0.4, -0.2) is 36.7 Å². The lowest BCUT2D eigenvalue weighted by Gasteiger charge is -2.25. The Morgan fingerprint density at radius 2 is 2.00 bits per heavy atom. The second-order valence-corrected chi connectivity index (χ2v) is 7.00. The smallest absolute Gasteiger partial charge is 0.167 e. The molecule has 0 saturated carbocycles. The SMILES string of the molecule is CCCC(CN(CC)CPC)C(=O)c1ccc(Cl)c(Cl)c1. The second kappa shape index (κ2) is 9.79. The Balaban J connectivity index is 2.87. The molecule has 5 heteroatoms. The van der Waals surface area contributed by atoms with Gasteiger partial charge >= 0.3 is 0 Å². The lowest BCUT2D eigenvalue weighted by Crippen LogP contribution is -2.32. The summed E-state index contributed by atoms with van der Waals surface area (Å²) >= 11 is 12.0. The van der Waals surface area contributed by atoms with Gasteiger partial charge in [-0.3, -0.25) is 9.69 Å². The molecule has 0 spiro atoms. The number of rotatable bonds is 9. The monoisotopic (exact) mass is 347 g/mol. The molecule has 1 aromatic rings. The summed E-state index contributed by atoms with van der Waals surface area (Å²) in [7, 11) is 0.879. The van der Waals surface area contributed by atoms with Crippen LogP contribution in [0.4, 0.5) is 0 Å². The molecule has 0 aromatic heterocycles. The van der Waals surface area contributed by atoms with Crippen molar-refractivity contribution in [2.75, 3.05) is 26.0 Å². The zero-order valence-corrected chi connectivity index (χ0v) is 15.5. The molecule has 0 fully saturated rings. The molecule has 0 radical (unpaired) electrons. The van der Waals surface area contributed by atoms with Gasteiger partial charge in [-0.25, -0.2) is 0 Å². The summed E-state index contributed by atoms with van der Waals surface area (Å²) in [5.41, 5.74) is 0.665. The van der Waals surface area contributed by atoms with Crippen LogP contribution < -0.4 is 0 Å². The van der Waals surface area contributed by atoms with E-state index in [0.29, 0.717) is 15.6 Å². The van der Waals surface area contributed by atoms with Gasteiger partial charge < -0.3 is 0 Å². The number of nitrogens with zero attached hydrogens (tertiary/aromatic N) is 1. The van der Waals surface area contributed by atoms with E-state index in [1.807, 2.05) is 0 Å². The van der Waals surface area contributed by atoms with Crippen molar-refractivity contribution in [3.05, 3.63) is 33.8 Å². The average molecular weight is 348 g/mol. The standard InChI is InChI=1S/C16H24Cl2NOP/c1-4-6-13(10-19(5-2)11-21-3)16(20)12-7-8-14(17)15(18)9-12/h7-9,13,21H,4-6,10-11H2,1-3H3. The number of halogens is 2. The molecule has 0 saturated heterocycles. The highest BCUT2D eigenvalue weighted by molar-refractivity contribution is 7.36. The van der Waals surface area contributed by atoms with Crippen LogP contribution in [0.5, 0.6) is 0 Å². The highest BCUT2D eigenvalue weighted by atomic mass is 35.5. The number of benzene rings is 1. The third-order valence-corrected chi connectivity index (χ3v) is 5.02. The van der Waals surface area contributed by atoms with Gasteiger partial charge in [-0.1, -0.05) is 43.5 Å². The zero-order valence-electron chi connectivity index (χ0n) is 13.0. The van der Waals surface area contributed by atoms with Gasteiger partial charge in [-0.2, -0.15) is 0 Å². The maximum Gasteiger partial charge on any atom is 0.167 e. The number of hydrogen-bond acceptors (Lipinski definition) is 2. The van der Waals surface area contributed by atoms with Crippen molar-refractivity contribution in [1.29, 1.82) is 0 Å². The van der Waals surface area contributed by atoms with Gasteiger partial charge in [-0.15, -0.1) is 8.58 Å². The predicted octanol–water partition coefficient (Wildman–Crippen LogP) is 5.18. The maximum absolute atomic E-state index is 12.7. The Kier molecular flexibility index (Phi) is 8.82.